The molecule has 256 valence electrons. The molecule has 7 nitrogen and oxygen atoms in total. The Morgan fingerprint density at radius 1 is 0.792 bits per heavy atom. The highest BCUT2D eigenvalue weighted by atomic mass is 16.6. The van der Waals surface area contributed by atoms with E-state index in [0.29, 0.717) is 29.0 Å². The molecule has 2 fully saturated rings. The normalized spacial score (nSPS) is 21.3. The fraction of sp³-hybridized carbons (Fsp3) is 0.512. The summed E-state index contributed by atoms with van der Waals surface area (Å²) in [7, 11) is 0. The number of nitrogens with one attached hydrogen (secondary N) is 2. The Labute approximate surface area is 285 Å². The zero-order valence-corrected chi connectivity index (χ0v) is 29.2. The van der Waals surface area contributed by atoms with Gasteiger partial charge in [-0.15, -0.1) is 0 Å². The summed E-state index contributed by atoms with van der Waals surface area (Å²) in [5.74, 6) is -0.0335. The van der Waals surface area contributed by atoms with E-state index in [1.54, 1.807) is 0 Å². The second-order valence-electron chi connectivity index (χ2n) is 15.4. The number of hydrogen-bond donors (Lipinski definition) is 3. The van der Waals surface area contributed by atoms with Crippen LogP contribution < -0.4 is 10.6 Å². The van der Waals surface area contributed by atoms with Crippen molar-refractivity contribution in [3.63, 3.8) is 0 Å². The zero-order valence-electron chi connectivity index (χ0n) is 29.2. The Hall–Kier alpha value is -3.52. The van der Waals surface area contributed by atoms with Crippen molar-refractivity contribution in [2.45, 2.75) is 89.9 Å². The van der Waals surface area contributed by atoms with Crippen LogP contribution in [0.2, 0.25) is 0 Å². The highest BCUT2D eigenvalue weighted by molar-refractivity contribution is 5.96. The number of ether oxygens (including phenoxy) is 2. The molecule has 3 aliphatic rings. The maximum atomic E-state index is 14.0. The summed E-state index contributed by atoms with van der Waals surface area (Å²) in [5.41, 5.74) is 2.05. The molecular weight excluding hydrogens is 600 g/mol. The number of esters is 2. The molecule has 2 aliphatic heterocycles. The van der Waals surface area contributed by atoms with E-state index in [0.717, 1.165) is 75.0 Å². The molecule has 2 atom stereocenters. The predicted octanol–water partition coefficient (Wildman–Crippen LogP) is 6.58. The molecular formula is C41H52N2O5. The molecule has 0 aromatic heterocycles. The minimum absolute atomic E-state index is 0.174. The molecule has 0 saturated carbocycles. The molecule has 6 rings (SSSR count). The van der Waals surface area contributed by atoms with E-state index in [1.807, 2.05) is 74.5 Å². The van der Waals surface area contributed by atoms with Crippen molar-refractivity contribution in [2.24, 2.45) is 17.8 Å². The van der Waals surface area contributed by atoms with Gasteiger partial charge in [-0.3, -0.25) is 0 Å². The van der Waals surface area contributed by atoms with Gasteiger partial charge in [0.25, 0.3) is 0 Å². The largest absolute Gasteiger partial charge is 0.457 e. The number of fused-ring (bicyclic) bond motifs is 3. The van der Waals surface area contributed by atoms with E-state index in [1.165, 1.54) is 5.56 Å². The predicted molar refractivity (Wildman–Crippen MR) is 189 cm³/mol. The average molecular weight is 653 g/mol. The quantitative estimate of drug-likeness (QED) is 0.213. The minimum Gasteiger partial charge on any atom is -0.457 e. The standard InChI is InChI=1S/C41H52N2O5/c1-27(2)24-28-10-13-30(14-11-28)37(44)47-40(5,32-18-22-43-23-19-32)26-29-12-15-36-34(25-29)33-8-6-7-9-35(33)41(36,46)38(45)48-39(3,4)31-16-20-42-21-17-31/h6-15,25,27,31-32,42-43,46H,16-24,26H2,1-5H3. The first-order valence-electron chi connectivity index (χ1n) is 17.8. The average Bonchev–Trinajstić information content (AvgIpc) is 3.34. The third-order valence-corrected chi connectivity index (χ3v) is 11.0. The Morgan fingerprint density at radius 3 is 2.02 bits per heavy atom. The molecule has 0 bridgehead atoms. The lowest BCUT2D eigenvalue weighted by Gasteiger charge is -2.40. The number of rotatable bonds is 10. The first-order valence-corrected chi connectivity index (χ1v) is 17.8. The van der Waals surface area contributed by atoms with E-state index >= 15 is 0 Å². The summed E-state index contributed by atoms with van der Waals surface area (Å²) >= 11 is 0. The van der Waals surface area contributed by atoms with Gasteiger partial charge in [0.2, 0.25) is 5.60 Å². The monoisotopic (exact) mass is 652 g/mol. The molecule has 3 aromatic carbocycles. The molecule has 7 heteroatoms. The lowest BCUT2D eigenvalue weighted by atomic mass is 9.77. The Balaban J connectivity index is 1.29. The van der Waals surface area contributed by atoms with E-state index in [2.05, 4.69) is 37.5 Å². The zero-order chi connectivity index (χ0) is 34.1. The van der Waals surface area contributed by atoms with Crippen LogP contribution in [0.3, 0.4) is 0 Å². The highest BCUT2D eigenvalue weighted by Gasteiger charge is 2.51. The Morgan fingerprint density at radius 2 is 1.38 bits per heavy atom. The van der Waals surface area contributed by atoms with Gasteiger partial charge in [-0.05, 0) is 119 Å². The van der Waals surface area contributed by atoms with Crippen LogP contribution in [-0.4, -0.2) is 54.4 Å². The van der Waals surface area contributed by atoms with Gasteiger partial charge >= 0.3 is 11.9 Å². The summed E-state index contributed by atoms with van der Waals surface area (Å²) in [6.07, 6.45) is 5.12. The van der Waals surface area contributed by atoms with Crippen LogP contribution in [0, 0.1) is 17.8 Å². The SMILES string of the molecule is CC(C)Cc1ccc(C(=O)OC(C)(Cc2ccc3c(c2)-c2ccccc2C3(O)C(=O)OC(C)(C)C2CCNCC2)C2CCNCC2)cc1. The van der Waals surface area contributed by atoms with Crippen molar-refractivity contribution >= 4 is 11.9 Å². The van der Waals surface area contributed by atoms with Crippen LogP contribution in [0.4, 0.5) is 0 Å². The fourth-order valence-electron chi connectivity index (χ4n) is 8.17. The lowest BCUT2D eigenvalue weighted by molar-refractivity contribution is -0.181. The van der Waals surface area contributed by atoms with E-state index in [-0.39, 0.29) is 17.8 Å². The van der Waals surface area contributed by atoms with Crippen molar-refractivity contribution in [3.05, 3.63) is 94.5 Å². The third-order valence-electron chi connectivity index (χ3n) is 11.0. The van der Waals surface area contributed by atoms with Crippen molar-refractivity contribution in [1.29, 1.82) is 0 Å². The van der Waals surface area contributed by atoms with Crippen LogP contribution >= 0.6 is 0 Å². The maximum absolute atomic E-state index is 14.0. The van der Waals surface area contributed by atoms with Gasteiger partial charge < -0.3 is 25.2 Å². The number of carbonyl (C=O) groups excluding carboxylic acids is 2. The second kappa shape index (κ2) is 13.8. The third kappa shape index (κ3) is 6.83. The van der Waals surface area contributed by atoms with Gasteiger partial charge in [-0.2, -0.15) is 0 Å². The summed E-state index contributed by atoms with van der Waals surface area (Å²) in [5, 5.41) is 19.1. The van der Waals surface area contributed by atoms with Crippen LogP contribution in [-0.2, 0) is 32.7 Å². The summed E-state index contributed by atoms with van der Waals surface area (Å²) in [6, 6.07) is 21.2. The van der Waals surface area contributed by atoms with Crippen LogP contribution in [0.1, 0.15) is 92.9 Å². The molecule has 0 amide bonds. The summed E-state index contributed by atoms with van der Waals surface area (Å²) < 4.78 is 12.7. The topological polar surface area (TPSA) is 96.9 Å². The van der Waals surface area contributed by atoms with Crippen molar-refractivity contribution in [1.82, 2.24) is 10.6 Å². The van der Waals surface area contributed by atoms with E-state index in [4.69, 9.17) is 9.47 Å². The number of piperidine rings is 2. The Kier molecular flexibility index (Phi) is 9.85. The van der Waals surface area contributed by atoms with Crippen molar-refractivity contribution in [2.75, 3.05) is 26.2 Å². The molecule has 0 radical (unpaired) electrons. The van der Waals surface area contributed by atoms with Gasteiger partial charge in [0.1, 0.15) is 11.2 Å². The van der Waals surface area contributed by atoms with Gasteiger partial charge in [-0.1, -0.05) is 68.4 Å². The molecule has 0 spiro atoms. The molecule has 3 aromatic rings. The molecule has 2 saturated heterocycles. The fourth-order valence-corrected chi connectivity index (χ4v) is 8.17. The number of aliphatic hydroxyl groups is 1. The Bertz CT molecular complexity index is 1620. The highest BCUT2D eigenvalue weighted by Crippen LogP contribution is 2.49. The van der Waals surface area contributed by atoms with Crippen molar-refractivity contribution < 1.29 is 24.2 Å². The van der Waals surface area contributed by atoms with Gasteiger partial charge in [0.05, 0.1) is 5.56 Å². The van der Waals surface area contributed by atoms with Crippen LogP contribution in [0.25, 0.3) is 11.1 Å². The molecule has 3 N–H and O–H groups in total. The second-order valence-corrected chi connectivity index (χ2v) is 15.4. The van der Waals surface area contributed by atoms with E-state index < -0.39 is 22.8 Å². The van der Waals surface area contributed by atoms with Crippen molar-refractivity contribution in [3.8, 4) is 11.1 Å². The van der Waals surface area contributed by atoms with Crippen LogP contribution in [0.5, 0.6) is 0 Å². The maximum Gasteiger partial charge on any atom is 0.348 e. The molecule has 48 heavy (non-hydrogen) atoms. The van der Waals surface area contributed by atoms with Gasteiger partial charge in [0.15, 0.2) is 0 Å². The van der Waals surface area contributed by atoms with Gasteiger partial charge in [0, 0.05) is 29.4 Å². The minimum atomic E-state index is -1.92. The van der Waals surface area contributed by atoms with E-state index in [9.17, 15) is 14.7 Å². The summed E-state index contributed by atoms with van der Waals surface area (Å²) in [4.78, 5) is 27.7. The first kappa shape index (κ1) is 34.3. The lowest BCUT2D eigenvalue weighted by Crippen LogP contribution is -2.47. The smallest absolute Gasteiger partial charge is 0.348 e. The number of benzene rings is 3. The van der Waals surface area contributed by atoms with Gasteiger partial charge in [-0.25, -0.2) is 9.59 Å². The first-order chi connectivity index (χ1) is 22.9. The molecule has 2 unspecified atom stereocenters. The molecule has 2 heterocycles. The number of hydrogen-bond acceptors (Lipinski definition) is 7. The van der Waals surface area contributed by atoms with Crippen LogP contribution in [0.15, 0.2) is 66.7 Å². The molecule has 1 aliphatic carbocycles. The number of carbonyl (C=O) groups is 2. The summed E-state index contributed by atoms with van der Waals surface area (Å²) in [6.45, 7) is 13.9.